The summed E-state index contributed by atoms with van der Waals surface area (Å²) in [6.45, 7) is 2.08. The van der Waals surface area contributed by atoms with Crippen LogP contribution < -0.4 is 0 Å². The molecule has 0 saturated heterocycles. The normalized spacial score (nSPS) is 9.08. The summed E-state index contributed by atoms with van der Waals surface area (Å²) in [5.41, 5.74) is 9.68. The molecule has 0 fully saturated rings. The molecule has 62 valence electrons. The molecular formula is C8H9N3O. The van der Waals surface area contributed by atoms with Crippen molar-refractivity contribution in [1.82, 2.24) is 0 Å². The Morgan fingerprint density at radius 2 is 2.33 bits per heavy atom. The number of hydrogen-bond donors (Lipinski definition) is 1. The van der Waals surface area contributed by atoms with Gasteiger partial charge in [0.05, 0.1) is 6.54 Å². The summed E-state index contributed by atoms with van der Waals surface area (Å²) in [6.07, 6.45) is 0. The van der Waals surface area contributed by atoms with E-state index in [0.717, 1.165) is 5.56 Å². The van der Waals surface area contributed by atoms with Crippen LogP contribution >= 0.6 is 0 Å². The third kappa shape index (κ3) is 1.90. The lowest BCUT2D eigenvalue weighted by Crippen LogP contribution is -1.82. The van der Waals surface area contributed by atoms with Crippen LogP contribution in [0.2, 0.25) is 0 Å². The largest absolute Gasteiger partial charge is 0.508 e. The summed E-state index contributed by atoms with van der Waals surface area (Å²) in [5.74, 6) is 0.183. The maximum absolute atomic E-state index is 9.33. The number of azide groups is 1. The number of benzene rings is 1. The molecule has 12 heavy (non-hydrogen) atoms. The fraction of sp³-hybridized carbons (Fsp3) is 0.250. The van der Waals surface area contributed by atoms with Crippen LogP contribution in [0.15, 0.2) is 23.3 Å². The SMILES string of the molecule is Cc1ccc(CN=[N+]=[N-])c(O)c1. The molecule has 0 atom stereocenters. The van der Waals surface area contributed by atoms with E-state index in [1.165, 1.54) is 0 Å². The molecule has 1 N–H and O–H groups in total. The molecule has 0 bridgehead atoms. The molecule has 0 amide bonds. The van der Waals surface area contributed by atoms with E-state index in [-0.39, 0.29) is 12.3 Å². The number of aryl methyl sites for hydroxylation is 1. The summed E-state index contributed by atoms with van der Waals surface area (Å²) in [5, 5.41) is 12.7. The van der Waals surface area contributed by atoms with Gasteiger partial charge in [0, 0.05) is 4.91 Å². The molecule has 0 spiro atoms. The maximum Gasteiger partial charge on any atom is 0.119 e. The Hall–Kier alpha value is -1.67. The van der Waals surface area contributed by atoms with Gasteiger partial charge in [-0.25, -0.2) is 0 Å². The fourth-order valence-corrected chi connectivity index (χ4v) is 0.915. The number of aromatic hydroxyl groups is 1. The second-order valence-corrected chi connectivity index (χ2v) is 2.52. The van der Waals surface area contributed by atoms with Crippen molar-refractivity contribution in [2.24, 2.45) is 5.11 Å². The maximum atomic E-state index is 9.33. The Bertz CT molecular complexity index is 329. The molecule has 0 heterocycles. The Kier molecular flexibility index (Phi) is 2.56. The molecule has 0 unspecified atom stereocenters. The number of phenols is 1. The molecule has 0 saturated carbocycles. The van der Waals surface area contributed by atoms with Crippen LogP contribution in [0.4, 0.5) is 0 Å². The van der Waals surface area contributed by atoms with Crippen LogP contribution in [0.1, 0.15) is 11.1 Å². The standard InChI is InChI=1S/C8H9N3O/c1-6-2-3-7(5-10-11-9)8(12)4-6/h2-4,12H,5H2,1H3. The van der Waals surface area contributed by atoms with E-state index in [2.05, 4.69) is 10.0 Å². The van der Waals surface area contributed by atoms with Crippen LogP contribution in [-0.4, -0.2) is 5.11 Å². The van der Waals surface area contributed by atoms with Crippen LogP contribution in [0.5, 0.6) is 5.75 Å². The van der Waals surface area contributed by atoms with E-state index in [1.54, 1.807) is 12.1 Å². The van der Waals surface area contributed by atoms with Gasteiger partial charge in [-0.3, -0.25) is 0 Å². The van der Waals surface area contributed by atoms with Gasteiger partial charge in [-0.1, -0.05) is 17.2 Å². The molecule has 1 aromatic carbocycles. The lowest BCUT2D eigenvalue weighted by molar-refractivity contribution is 0.468. The lowest BCUT2D eigenvalue weighted by atomic mass is 10.1. The van der Waals surface area contributed by atoms with Gasteiger partial charge in [0.25, 0.3) is 0 Å². The van der Waals surface area contributed by atoms with E-state index in [4.69, 9.17) is 5.53 Å². The zero-order chi connectivity index (χ0) is 8.97. The topological polar surface area (TPSA) is 69.0 Å². The van der Waals surface area contributed by atoms with Gasteiger partial charge < -0.3 is 5.11 Å². The molecule has 1 rings (SSSR count). The zero-order valence-electron chi connectivity index (χ0n) is 6.73. The van der Waals surface area contributed by atoms with Crippen molar-refractivity contribution >= 4 is 0 Å². The summed E-state index contributed by atoms with van der Waals surface area (Å²) >= 11 is 0. The first-order valence-electron chi connectivity index (χ1n) is 3.53. The van der Waals surface area contributed by atoms with Crippen LogP contribution in [-0.2, 0) is 6.54 Å². The molecule has 0 aliphatic carbocycles. The first-order valence-corrected chi connectivity index (χ1v) is 3.53. The van der Waals surface area contributed by atoms with E-state index in [9.17, 15) is 5.11 Å². The Morgan fingerprint density at radius 3 is 2.92 bits per heavy atom. The minimum atomic E-state index is 0.183. The number of rotatable bonds is 2. The number of nitrogens with zero attached hydrogens (tertiary/aromatic N) is 3. The highest BCUT2D eigenvalue weighted by atomic mass is 16.3. The van der Waals surface area contributed by atoms with Gasteiger partial charge in [0.15, 0.2) is 0 Å². The molecule has 4 nitrogen and oxygen atoms in total. The van der Waals surface area contributed by atoms with Crippen molar-refractivity contribution < 1.29 is 5.11 Å². The highest BCUT2D eigenvalue weighted by Gasteiger charge is 1.98. The monoisotopic (exact) mass is 163 g/mol. The van der Waals surface area contributed by atoms with Crippen molar-refractivity contribution in [3.05, 3.63) is 39.8 Å². The third-order valence-electron chi connectivity index (χ3n) is 1.55. The molecule has 0 radical (unpaired) electrons. The van der Waals surface area contributed by atoms with E-state index in [0.29, 0.717) is 5.56 Å². The van der Waals surface area contributed by atoms with E-state index in [1.807, 2.05) is 13.0 Å². The summed E-state index contributed by atoms with van der Waals surface area (Å²) in [4.78, 5) is 2.61. The van der Waals surface area contributed by atoms with Crippen molar-refractivity contribution in [2.45, 2.75) is 13.5 Å². The lowest BCUT2D eigenvalue weighted by Gasteiger charge is -2.00. The van der Waals surface area contributed by atoms with Crippen molar-refractivity contribution in [1.29, 1.82) is 0 Å². The second-order valence-electron chi connectivity index (χ2n) is 2.52. The summed E-state index contributed by atoms with van der Waals surface area (Å²) in [7, 11) is 0. The minimum Gasteiger partial charge on any atom is -0.508 e. The molecule has 0 aromatic heterocycles. The summed E-state index contributed by atoms with van der Waals surface area (Å²) in [6, 6.07) is 5.25. The zero-order valence-corrected chi connectivity index (χ0v) is 6.73. The van der Waals surface area contributed by atoms with Crippen LogP contribution in [0, 0.1) is 6.92 Å². The third-order valence-corrected chi connectivity index (χ3v) is 1.55. The van der Waals surface area contributed by atoms with Crippen molar-refractivity contribution in [3.63, 3.8) is 0 Å². The number of phenolic OH excluding ortho intramolecular Hbond substituents is 1. The molecule has 0 aliphatic rings. The van der Waals surface area contributed by atoms with Gasteiger partial charge in [-0.2, -0.15) is 0 Å². The van der Waals surface area contributed by atoms with Crippen LogP contribution in [0.3, 0.4) is 0 Å². The van der Waals surface area contributed by atoms with E-state index >= 15 is 0 Å². The molecular weight excluding hydrogens is 154 g/mol. The minimum absolute atomic E-state index is 0.183. The Balaban J connectivity index is 2.93. The van der Waals surface area contributed by atoms with Gasteiger partial charge >= 0.3 is 0 Å². The highest BCUT2D eigenvalue weighted by Crippen LogP contribution is 2.18. The van der Waals surface area contributed by atoms with Crippen molar-refractivity contribution in [3.8, 4) is 5.75 Å². The first-order chi connectivity index (χ1) is 5.74. The average molecular weight is 163 g/mol. The molecule has 1 aromatic rings. The Morgan fingerprint density at radius 1 is 1.58 bits per heavy atom. The van der Waals surface area contributed by atoms with Gasteiger partial charge in [-0.05, 0) is 29.6 Å². The Labute approximate surface area is 70.1 Å². The van der Waals surface area contributed by atoms with E-state index < -0.39 is 0 Å². The second kappa shape index (κ2) is 3.64. The predicted molar refractivity (Wildman–Crippen MR) is 45.7 cm³/mol. The highest BCUT2D eigenvalue weighted by molar-refractivity contribution is 5.35. The van der Waals surface area contributed by atoms with Crippen LogP contribution in [0.25, 0.3) is 10.4 Å². The van der Waals surface area contributed by atoms with Gasteiger partial charge in [0.1, 0.15) is 5.75 Å². The quantitative estimate of drug-likeness (QED) is 0.406. The smallest absolute Gasteiger partial charge is 0.119 e. The molecule has 0 aliphatic heterocycles. The fourth-order valence-electron chi connectivity index (χ4n) is 0.915. The van der Waals surface area contributed by atoms with Gasteiger partial charge in [-0.15, -0.1) is 0 Å². The van der Waals surface area contributed by atoms with Crippen molar-refractivity contribution in [2.75, 3.05) is 0 Å². The predicted octanol–water partition coefficient (Wildman–Crippen LogP) is 2.51. The summed E-state index contributed by atoms with van der Waals surface area (Å²) < 4.78 is 0. The average Bonchev–Trinajstić information content (AvgIpc) is 2.03. The number of hydrogen-bond acceptors (Lipinski definition) is 2. The van der Waals surface area contributed by atoms with Gasteiger partial charge in [0.2, 0.25) is 0 Å². The molecule has 4 heteroatoms. The first kappa shape index (κ1) is 8.43.